The van der Waals surface area contributed by atoms with Crippen LogP contribution in [0.2, 0.25) is 0 Å². The van der Waals surface area contributed by atoms with Crippen molar-refractivity contribution in [3.05, 3.63) is 0 Å². The van der Waals surface area contributed by atoms with Gasteiger partial charge in [0.05, 0.1) is 0 Å². The summed E-state index contributed by atoms with van der Waals surface area (Å²) in [4.78, 5) is 11.3. The second kappa shape index (κ2) is 5.61. The zero-order chi connectivity index (χ0) is 11.3. The summed E-state index contributed by atoms with van der Waals surface area (Å²) >= 11 is 0. The number of carbonyl (C=O) groups excluding carboxylic acids is 1. The Kier molecular flexibility index (Phi) is 4.73. The predicted octanol–water partition coefficient (Wildman–Crippen LogP) is 0.769. The molecule has 0 saturated carbocycles. The van der Waals surface area contributed by atoms with E-state index in [2.05, 4.69) is 29.4 Å². The van der Waals surface area contributed by atoms with E-state index in [-0.39, 0.29) is 12.1 Å². The molecule has 1 saturated heterocycles. The molecule has 15 heavy (non-hydrogen) atoms. The highest BCUT2D eigenvalue weighted by Gasteiger charge is 2.17. The molecular weight excluding hydrogens is 212 g/mol. The first-order valence-corrected chi connectivity index (χ1v) is 8.30. The highest BCUT2D eigenvalue weighted by molar-refractivity contribution is 8.32. The highest BCUT2D eigenvalue weighted by Crippen LogP contribution is 2.33. The summed E-state index contributed by atoms with van der Waals surface area (Å²) in [6.07, 6.45) is 7.38. The van der Waals surface area contributed by atoms with Crippen LogP contribution >= 0.6 is 10.0 Å². The van der Waals surface area contributed by atoms with Crippen molar-refractivity contribution in [3.8, 4) is 0 Å². The van der Waals surface area contributed by atoms with Gasteiger partial charge < -0.3 is 15.4 Å². The predicted molar refractivity (Wildman–Crippen MR) is 66.0 cm³/mol. The SMILES string of the molecule is CS(C)(C)CCOC(=O)N[C@@H]1CCNC1. The lowest BCUT2D eigenvalue weighted by molar-refractivity contribution is 0.149. The van der Waals surface area contributed by atoms with Crippen molar-refractivity contribution in [2.45, 2.75) is 12.5 Å². The molecule has 90 valence electrons. The average molecular weight is 234 g/mol. The van der Waals surface area contributed by atoms with Crippen molar-refractivity contribution in [1.82, 2.24) is 10.6 Å². The van der Waals surface area contributed by atoms with Crippen LogP contribution < -0.4 is 10.6 Å². The zero-order valence-corrected chi connectivity index (χ0v) is 10.7. The summed E-state index contributed by atoms with van der Waals surface area (Å²) in [6, 6.07) is 0.250. The average Bonchev–Trinajstić information content (AvgIpc) is 2.54. The van der Waals surface area contributed by atoms with E-state index in [1.54, 1.807) is 0 Å². The Labute approximate surface area is 93.5 Å². The third-order valence-electron chi connectivity index (χ3n) is 2.31. The number of nitrogens with one attached hydrogen (secondary N) is 2. The summed E-state index contributed by atoms with van der Waals surface area (Å²) in [5.41, 5.74) is 0. The number of ether oxygens (including phenoxy) is 1. The molecule has 0 aliphatic carbocycles. The molecule has 1 fully saturated rings. The molecule has 4 nitrogen and oxygen atoms in total. The largest absolute Gasteiger partial charge is 0.449 e. The van der Waals surface area contributed by atoms with Crippen LogP contribution in [-0.4, -0.2) is 56.4 Å². The quantitative estimate of drug-likeness (QED) is 0.755. The van der Waals surface area contributed by atoms with Gasteiger partial charge in [0.1, 0.15) is 6.61 Å². The third-order valence-corrected chi connectivity index (χ3v) is 3.70. The zero-order valence-electron chi connectivity index (χ0n) is 9.84. The number of hydrogen-bond donors (Lipinski definition) is 2. The Morgan fingerprint density at radius 1 is 1.53 bits per heavy atom. The fraction of sp³-hybridized carbons (Fsp3) is 0.900. The minimum Gasteiger partial charge on any atom is -0.449 e. The van der Waals surface area contributed by atoms with Gasteiger partial charge in [0, 0.05) is 18.3 Å². The molecule has 1 aliphatic rings. The van der Waals surface area contributed by atoms with Crippen molar-refractivity contribution in [3.63, 3.8) is 0 Å². The van der Waals surface area contributed by atoms with Crippen LogP contribution in [0.3, 0.4) is 0 Å². The minimum absolute atomic E-state index is 0.250. The number of carbonyl (C=O) groups is 1. The molecule has 0 radical (unpaired) electrons. The van der Waals surface area contributed by atoms with E-state index in [4.69, 9.17) is 4.74 Å². The summed E-state index contributed by atoms with van der Waals surface area (Å²) in [5, 5.41) is 6.04. The number of alkyl carbamates (subject to hydrolysis) is 1. The van der Waals surface area contributed by atoms with Gasteiger partial charge in [-0.3, -0.25) is 0 Å². The van der Waals surface area contributed by atoms with Crippen LogP contribution in [0, 0.1) is 0 Å². The maximum atomic E-state index is 11.3. The van der Waals surface area contributed by atoms with Gasteiger partial charge in [-0.2, -0.15) is 0 Å². The van der Waals surface area contributed by atoms with E-state index in [0.717, 1.165) is 25.3 Å². The van der Waals surface area contributed by atoms with E-state index >= 15 is 0 Å². The first-order chi connectivity index (χ1) is 6.97. The fourth-order valence-electron chi connectivity index (χ4n) is 1.37. The smallest absolute Gasteiger partial charge is 0.407 e. The van der Waals surface area contributed by atoms with Crippen LogP contribution in [0.4, 0.5) is 4.79 Å². The van der Waals surface area contributed by atoms with Gasteiger partial charge in [0.15, 0.2) is 0 Å². The molecule has 0 spiro atoms. The van der Waals surface area contributed by atoms with Crippen molar-refractivity contribution < 1.29 is 9.53 Å². The molecule has 1 atom stereocenters. The van der Waals surface area contributed by atoms with Crippen molar-refractivity contribution in [2.75, 3.05) is 44.2 Å². The van der Waals surface area contributed by atoms with Gasteiger partial charge in [-0.25, -0.2) is 14.8 Å². The molecule has 2 N–H and O–H groups in total. The Balaban J connectivity index is 2.08. The third kappa shape index (κ3) is 5.89. The molecule has 1 aliphatic heterocycles. The monoisotopic (exact) mass is 234 g/mol. The Morgan fingerprint density at radius 2 is 2.27 bits per heavy atom. The van der Waals surface area contributed by atoms with Crippen molar-refractivity contribution >= 4 is 16.1 Å². The van der Waals surface area contributed by atoms with Gasteiger partial charge in [-0.15, -0.1) is 0 Å². The van der Waals surface area contributed by atoms with Gasteiger partial charge in [0.2, 0.25) is 0 Å². The maximum Gasteiger partial charge on any atom is 0.407 e. The molecule has 1 amide bonds. The number of hydrogen-bond acceptors (Lipinski definition) is 3. The van der Waals surface area contributed by atoms with E-state index in [1.165, 1.54) is 0 Å². The van der Waals surface area contributed by atoms with Gasteiger partial charge in [0.25, 0.3) is 0 Å². The van der Waals surface area contributed by atoms with Gasteiger partial charge in [-0.1, -0.05) is 0 Å². The molecule has 1 heterocycles. The van der Waals surface area contributed by atoms with Crippen LogP contribution in [-0.2, 0) is 4.74 Å². The molecular formula is C10H22N2O2S. The summed E-state index contributed by atoms with van der Waals surface area (Å²) in [7, 11) is -0.564. The second-order valence-electron chi connectivity index (χ2n) is 4.76. The lowest BCUT2D eigenvalue weighted by Crippen LogP contribution is -2.37. The van der Waals surface area contributed by atoms with E-state index in [0.29, 0.717) is 6.61 Å². The standard InChI is InChI=1S/C10H22N2O2S/c1-15(2,3)7-6-14-10(13)12-9-4-5-11-8-9/h9,11H,4-8H2,1-3H3,(H,12,13)/t9-/m1/s1. The van der Waals surface area contributed by atoms with Gasteiger partial charge in [-0.05, 0) is 31.7 Å². The van der Waals surface area contributed by atoms with Crippen LogP contribution in [0.15, 0.2) is 0 Å². The molecule has 0 aromatic heterocycles. The molecule has 0 unspecified atom stereocenters. The topological polar surface area (TPSA) is 50.4 Å². The maximum absolute atomic E-state index is 11.3. The highest BCUT2D eigenvalue weighted by atomic mass is 32.3. The second-order valence-corrected chi connectivity index (χ2v) is 9.35. The Hall–Kier alpha value is -0.420. The lowest BCUT2D eigenvalue weighted by atomic mass is 10.3. The summed E-state index contributed by atoms with van der Waals surface area (Å²) in [6.45, 7) is 2.38. The molecule has 1 rings (SSSR count). The minimum atomic E-state index is -0.564. The fourth-order valence-corrected chi connectivity index (χ4v) is 1.95. The van der Waals surface area contributed by atoms with Crippen LogP contribution in [0.5, 0.6) is 0 Å². The first kappa shape index (κ1) is 12.6. The van der Waals surface area contributed by atoms with Gasteiger partial charge >= 0.3 is 6.09 Å². The normalized spacial score (nSPS) is 22.5. The molecule has 0 aromatic rings. The van der Waals surface area contributed by atoms with Crippen molar-refractivity contribution in [1.29, 1.82) is 0 Å². The number of amides is 1. The lowest BCUT2D eigenvalue weighted by Gasteiger charge is -2.24. The number of rotatable bonds is 4. The van der Waals surface area contributed by atoms with E-state index in [9.17, 15) is 4.79 Å². The van der Waals surface area contributed by atoms with Crippen LogP contribution in [0.25, 0.3) is 0 Å². The molecule has 0 aromatic carbocycles. The Morgan fingerprint density at radius 3 is 2.80 bits per heavy atom. The molecule has 0 bridgehead atoms. The van der Waals surface area contributed by atoms with E-state index in [1.807, 2.05) is 0 Å². The van der Waals surface area contributed by atoms with Crippen molar-refractivity contribution in [2.24, 2.45) is 0 Å². The first-order valence-electron chi connectivity index (χ1n) is 5.27. The molecule has 5 heteroatoms. The Bertz CT molecular complexity index is 210. The summed E-state index contributed by atoms with van der Waals surface area (Å²) < 4.78 is 5.12. The summed E-state index contributed by atoms with van der Waals surface area (Å²) in [5.74, 6) is 0.976. The van der Waals surface area contributed by atoms with E-state index < -0.39 is 10.0 Å². The van der Waals surface area contributed by atoms with Crippen LogP contribution in [0.1, 0.15) is 6.42 Å².